The highest BCUT2D eigenvalue weighted by Gasteiger charge is 2.11. The molecule has 2 aromatic carbocycles. The molecule has 148 valence electrons. The third-order valence-electron chi connectivity index (χ3n) is 3.99. The number of aromatic nitrogens is 4. The summed E-state index contributed by atoms with van der Waals surface area (Å²) in [5.41, 5.74) is 2.00. The van der Waals surface area contributed by atoms with Crippen LogP contribution in [0.15, 0.2) is 47.6 Å². The largest absolute Gasteiger partial charge is 0.493 e. The van der Waals surface area contributed by atoms with Gasteiger partial charge in [0.25, 0.3) is 0 Å². The summed E-state index contributed by atoms with van der Waals surface area (Å²) < 4.78 is 12.3. The maximum absolute atomic E-state index is 6.24. The fourth-order valence-corrected chi connectivity index (χ4v) is 3.81. The van der Waals surface area contributed by atoms with Crippen LogP contribution in [0.5, 0.6) is 11.5 Å². The third kappa shape index (κ3) is 5.15. The van der Waals surface area contributed by atoms with Gasteiger partial charge < -0.3 is 14.8 Å². The van der Waals surface area contributed by atoms with Crippen LogP contribution in [0.2, 0.25) is 5.02 Å². The Morgan fingerprint density at radius 3 is 2.71 bits per heavy atom. The average molecular weight is 420 g/mol. The number of nitrogens with one attached hydrogen (secondary N) is 1. The number of methoxy groups -OCH3 is 2. The van der Waals surface area contributed by atoms with Crippen LogP contribution in [-0.4, -0.2) is 46.7 Å². The quantitative estimate of drug-likeness (QED) is 0.397. The maximum atomic E-state index is 6.24. The molecule has 0 saturated carbocycles. The van der Waals surface area contributed by atoms with Gasteiger partial charge in [0.05, 0.1) is 24.9 Å². The summed E-state index contributed by atoms with van der Waals surface area (Å²) in [5.74, 6) is 2.10. The number of hydrogen-bond donors (Lipinski definition) is 1. The Morgan fingerprint density at radius 2 is 1.96 bits per heavy atom. The minimum atomic E-state index is 0.543. The minimum Gasteiger partial charge on any atom is -0.493 e. The van der Waals surface area contributed by atoms with Gasteiger partial charge >= 0.3 is 0 Å². The number of ether oxygens (including phenoxy) is 2. The molecule has 1 heterocycles. The van der Waals surface area contributed by atoms with E-state index in [2.05, 4.69) is 20.8 Å². The van der Waals surface area contributed by atoms with Crippen molar-refractivity contribution < 1.29 is 9.47 Å². The van der Waals surface area contributed by atoms with Crippen LogP contribution < -0.4 is 14.8 Å². The van der Waals surface area contributed by atoms with Crippen molar-refractivity contribution >= 4 is 23.4 Å². The van der Waals surface area contributed by atoms with Gasteiger partial charge in [-0.25, -0.2) is 0 Å². The number of benzene rings is 2. The van der Waals surface area contributed by atoms with Crippen molar-refractivity contribution in [3.05, 3.63) is 53.1 Å². The standard InChI is InChI=1S/C19H22ClN5O2S/c1-26-17-12-14(11-16(20)18(17)27-2)13-21-9-6-10-28-19-22-23-24-25(19)15-7-4-3-5-8-15/h3-5,7-8,11-12,21H,6,9-10,13H2,1-2H3. The zero-order valence-electron chi connectivity index (χ0n) is 15.8. The van der Waals surface area contributed by atoms with Gasteiger partial charge in [-0.3, -0.25) is 0 Å². The van der Waals surface area contributed by atoms with E-state index in [-0.39, 0.29) is 0 Å². The summed E-state index contributed by atoms with van der Waals surface area (Å²) in [6.07, 6.45) is 0.980. The molecule has 0 amide bonds. The zero-order valence-corrected chi connectivity index (χ0v) is 17.3. The molecule has 0 spiro atoms. The highest BCUT2D eigenvalue weighted by atomic mass is 35.5. The molecule has 28 heavy (non-hydrogen) atoms. The fourth-order valence-electron chi connectivity index (χ4n) is 2.67. The molecule has 0 saturated heterocycles. The van der Waals surface area contributed by atoms with Crippen LogP contribution in [0, 0.1) is 0 Å². The first-order valence-electron chi connectivity index (χ1n) is 8.80. The highest BCUT2D eigenvalue weighted by Crippen LogP contribution is 2.35. The monoisotopic (exact) mass is 419 g/mol. The van der Waals surface area contributed by atoms with E-state index in [1.54, 1.807) is 30.7 Å². The summed E-state index contributed by atoms with van der Waals surface area (Å²) in [4.78, 5) is 0. The molecule has 1 aromatic heterocycles. The Bertz CT molecular complexity index is 891. The summed E-state index contributed by atoms with van der Waals surface area (Å²) in [5, 5.41) is 16.7. The Hall–Kier alpha value is -2.29. The van der Waals surface area contributed by atoms with Crippen molar-refractivity contribution in [3.8, 4) is 17.2 Å². The molecular weight excluding hydrogens is 398 g/mol. The van der Waals surface area contributed by atoms with E-state index >= 15 is 0 Å². The minimum absolute atomic E-state index is 0.543. The topological polar surface area (TPSA) is 74.1 Å². The van der Waals surface area contributed by atoms with Gasteiger partial charge in [0.2, 0.25) is 5.16 Å². The number of halogens is 1. The first-order chi connectivity index (χ1) is 13.7. The first-order valence-corrected chi connectivity index (χ1v) is 10.2. The van der Waals surface area contributed by atoms with Crippen molar-refractivity contribution in [2.24, 2.45) is 0 Å². The molecular formula is C19H22ClN5O2S. The number of thioether (sulfide) groups is 1. The lowest BCUT2D eigenvalue weighted by atomic mass is 10.2. The Morgan fingerprint density at radius 1 is 1.14 bits per heavy atom. The third-order valence-corrected chi connectivity index (χ3v) is 5.28. The number of tetrazole rings is 1. The first kappa shape index (κ1) is 20.4. The van der Waals surface area contributed by atoms with Gasteiger partial charge in [0.15, 0.2) is 11.5 Å². The van der Waals surface area contributed by atoms with E-state index in [0.29, 0.717) is 23.1 Å². The smallest absolute Gasteiger partial charge is 0.214 e. The molecule has 0 fully saturated rings. The van der Waals surface area contributed by atoms with Crippen LogP contribution in [0.4, 0.5) is 0 Å². The van der Waals surface area contributed by atoms with E-state index < -0.39 is 0 Å². The second-order valence-electron chi connectivity index (χ2n) is 5.90. The summed E-state index contributed by atoms with van der Waals surface area (Å²) in [7, 11) is 3.18. The van der Waals surface area contributed by atoms with E-state index in [1.165, 1.54) is 0 Å². The Kier molecular flexibility index (Phi) is 7.53. The maximum Gasteiger partial charge on any atom is 0.214 e. The Labute approximate surface area is 173 Å². The lowest BCUT2D eigenvalue weighted by Gasteiger charge is -2.12. The lowest BCUT2D eigenvalue weighted by Crippen LogP contribution is -2.15. The van der Waals surface area contributed by atoms with Crippen molar-refractivity contribution in [3.63, 3.8) is 0 Å². The van der Waals surface area contributed by atoms with Gasteiger partial charge in [0.1, 0.15) is 0 Å². The molecule has 0 bridgehead atoms. The van der Waals surface area contributed by atoms with E-state index in [0.717, 1.165) is 35.1 Å². The molecule has 1 N–H and O–H groups in total. The number of hydrogen-bond acceptors (Lipinski definition) is 7. The SMILES string of the molecule is COc1cc(CNCCCSc2nnnn2-c2ccccc2)cc(Cl)c1OC. The van der Waals surface area contributed by atoms with Crippen LogP contribution in [0.3, 0.4) is 0 Å². The average Bonchev–Trinajstić information content (AvgIpc) is 3.19. The molecule has 3 rings (SSSR count). The molecule has 0 unspecified atom stereocenters. The second kappa shape index (κ2) is 10.3. The zero-order chi connectivity index (χ0) is 19.8. The van der Waals surface area contributed by atoms with Crippen LogP contribution >= 0.6 is 23.4 Å². The molecule has 9 heteroatoms. The van der Waals surface area contributed by atoms with Gasteiger partial charge in [0, 0.05) is 12.3 Å². The van der Waals surface area contributed by atoms with Crippen molar-refractivity contribution in [1.29, 1.82) is 0 Å². The molecule has 0 atom stereocenters. The number of nitrogens with zero attached hydrogens (tertiary/aromatic N) is 4. The van der Waals surface area contributed by atoms with Crippen LogP contribution in [0.25, 0.3) is 5.69 Å². The van der Waals surface area contributed by atoms with Crippen molar-refractivity contribution in [2.75, 3.05) is 26.5 Å². The van der Waals surface area contributed by atoms with Gasteiger partial charge in [-0.05, 0) is 53.2 Å². The molecule has 7 nitrogen and oxygen atoms in total. The van der Waals surface area contributed by atoms with E-state index in [9.17, 15) is 0 Å². The van der Waals surface area contributed by atoms with Gasteiger partial charge in [-0.1, -0.05) is 41.6 Å². The van der Waals surface area contributed by atoms with Crippen molar-refractivity contribution in [2.45, 2.75) is 18.1 Å². The van der Waals surface area contributed by atoms with Gasteiger partial charge in [-0.15, -0.1) is 5.10 Å². The molecule has 0 radical (unpaired) electrons. The fraction of sp³-hybridized carbons (Fsp3) is 0.316. The van der Waals surface area contributed by atoms with Crippen LogP contribution in [-0.2, 0) is 6.54 Å². The van der Waals surface area contributed by atoms with Gasteiger partial charge in [-0.2, -0.15) is 4.68 Å². The predicted octanol–water partition coefficient (Wildman–Crippen LogP) is 3.60. The normalized spacial score (nSPS) is 10.8. The van der Waals surface area contributed by atoms with E-state index in [1.807, 2.05) is 42.5 Å². The second-order valence-corrected chi connectivity index (χ2v) is 7.37. The molecule has 0 aliphatic heterocycles. The summed E-state index contributed by atoms with van der Waals surface area (Å²) in [6.45, 7) is 1.57. The lowest BCUT2D eigenvalue weighted by molar-refractivity contribution is 0.354. The Balaban J connectivity index is 1.44. The molecule has 3 aromatic rings. The summed E-state index contributed by atoms with van der Waals surface area (Å²) >= 11 is 7.88. The summed E-state index contributed by atoms with van der Waals surface area (Å²) in [6, 6.07) is 13.7. The number of rotatable bonds is 10. The van der Waals surface area contributed by atoms with Crippen LogP contribution in [0.1, 0.15) is 12.0 Å². The highest BCUT2D eigenvalue weighted by molar-refractivity contribution is 7.99. The predicted molar refractivity (Wildman–Crippen MR) is 111 cm³/mol. The molecule has 0 aliphatic carbocycles. The molecule has 0 aliphatic rings. The number of para-hydroxylation sites is 1. The van der Waals surface area contributed by atoms with E-state index in [4.69, 9.17) is 21.1 Å². The van der Waals surface area contributed by atoms with Crippen molar-refractivity contribution in [1.82, 2.24) is 25.5 Å².